The minimum atomic E-state index is 0.673. The summed E-state index contributed by atoms with van der Waals surface area (Å²) < 4.78 is 4.99. The maximum absolute atomic E-state index is 5.35. The summed E-state index contributed by atoms with van der Waals surface area (Å²) in [7, 11) is 1.63. The zero-order valence-corrected chi connectivity index (χ0v) is 7.73. The Labute approximate surface area is 78.2 Å². The van der Waals surface area contributed by atoms with Gasteiger partial charge in [-0.05, 0) is 31.2 Å². The van der Waals surface area contributed by atoms with Crippen LogP contribution in [0, 0.1) is 0 Å². The molecule has 0 radical (unpaired) electrons. The molecule has 1 heterocycles. The minimum Gasteiger partial charge on any atom is -0.495 e. The highest BCUT2D eigenvalue weighted by Gasteiger charge is 1.90. The normalized spacial score (nSPS) is 10.6. The van der Waals surface area contributed by atoms with Crippen LogP contribution in [0.1, 0.15) is 12.1 Å². The van der Waals surface area contributed by atoms with Crippen LogP contribution in [0.2, 0.25) is 0 Å². The molecule has 3 nitrogen and oxygen atoms in total. The number of aromatic nitrogens is 1. The van der Waals surface area contributed by atoms with Crippen LogP contribution in [-0.4, -0.2) is 18.6 Å². The van der Waals surface area contributed by atoms with Gasteiger partial charge in [0.1, 0.15) is 5.75 Å². The molecule has 0 fully saturated rings. The van der Waals surface area contributed by atoms with Gasteiger partial charge in [0.15, 0.2) is 0 Å². The van der Waals surface area contributed by atoms with E-state index in [1.807, 2.05) is 24.3 Å². The zero-order chi connectivity index (χ0) is 9.52. The summed E-state index contributed by atoms with van der Waals surface area (Å²) in [5.74, 6) is 0.774. The second-order valence-corrected chi connectivity index (χ2v) is 2.60. The summed E-state index contributed by atoms with van der Waals surface area (Å²) in [6.07, 6.45) is 6.54. The van der Waals surface area contributed by atoms with Gasteiger partial charge in [-0.3, -0.25) is 4.98 Å². The van der Waals surface area contributed by atoms with Crippen LogP contribution in [0.25, 0.3) is 6.08 Å². The maximum atomic E-state index is 5.35. The van der Waals surface area contributed by atoms with Crippen LogP contribution in [0.4, 0.5) is 0 Å². The fraction of sp³-hybridized carbons (Fsp3) is 0.300. The molecule has 0 amide bonds. The molecule has 70 valence electrons. The lowest BCUT2D eigenvalue weighted by Crippen LogP contribution is -1.95. The first-order valence-corrected chi connectivity index (χ1v) is 4.23. The summed E-state index contributed by atoms with van der Waals surface area (Å²) in [5.41, 5.74) is 6.27. The highest BCUT2D eigenvalue weighted by Crippen LogP contribution is 2.08. The lowest BCUT2D eigenvalue weighted by Gasteiger charge is -1.97. The Balaban J connectivity index is 2.58. The molecule has 0 unspecified atom stereocenters. The predicted molar refractivity (Wildman–Crippen MR) is 53.5 cm³/mol. The van der Waals surface area contributed by atoms with Crippen molar-refractivity contribution in [2.24, 2.45) is 5.73 Å². The summed E-state index contributed by atoms with van der Waals surface area (Å²) in [4.78, 5) is 4.17. The van der Waals surface area contributed by atoms with Crippen LogP contribution in [0.3, 0.4) is 0 Å². The fourth-order valence-corrected chi connectivity index (χ4v) is 0.911. The fourth-order valence-electron chi connectivity index (χ4n) is 0.911. The molecule has 1 rings (SSSR count). The average molecular weight is 178 g/mol. The molecule has 13 heavy (non-hydrogen) atoms. The Morgan fingerprint density at radius 3 is 2.92 bits per heavy atom. The number of nitrogens with zero attached hydrogens (tertiary/aromatic N) is 1. The van der Waals surface area contributed by atoms with Crippen molar-refractivity contribution in [2.75, 3.05) is 13.7 Å². The number of hydrogen-bond acceptors (Lipinski definition) is 3. The molecule has 1 aromatic rings. The van der Waals surface area contributed by atoms with Gasteiger partial charge in [0.2, 0.25) is 0 Å². The predicted octanol–water partition coefficient (Wildman–Crippen LogP) is 1.45. The van der Waals surface area contributed by atoms with E-state index in [1.54, 1.807) is 13.3 Å². The Bertz CT molecular complexity index is 267. The van der Waals surface area contributed by atoms with E-state index in [2.05, 4.69) is 4.98 Å². The van der Waals surface area contributed by atoms with Gasteiger partial charge in [0, 0.05) is 0 Å². The number of pyridine rings is 1. The Morgan fingerprint density at radius 2 is 2.38 bits per heavy atom. The molecule has 0 aliphatic carbocycles. The van der Waals surface area contributed by atoms with Gasteiger partial charge in [0.25, 0.3) is 0 Å². The van der Waals surface area contributed by atoms with Crippen molar-refractivity contribution in [2.45, 2.75) is 6.42 Å². The molecule has 0 aromatic carbocycles. The second-order valence-electron chi connectivity index (χ2n) is 2.60. The summed E-state index contributed by atoms with van der Waals surface area (Å²) in [6.45, 7) is 0.673. The summed E-state index contributed by atoms with van der Waals surface area (Å²) >= 11 is 0. The molecule has 0 aliphatic rings. The molecular formula is C10H14N2O. The van der Waals surface area contributed by atoms with Gasteiger partial charge in [0.05, 0.1) is 19.0 Å². The van der Waals surface area contributed by atoms with Crippen molar-refractivity contribution in [3.63, 3.8) is 0 Å². The van der Waals surface area contributed by atoms with E-state index in [0.717, 1.165) is 17.9 Å². The standard InChI is InChI=1S/C10H14N2O/c1-13-10-6-5-9(12-8-10)4-2-3-7-11/h2,4-6,8H,3,7,11H2,1H3. The number of hydrogen-bond donors (Lipinski definition) is 1. The molecule has 0 bridgehead atoms. The molecule has 2 N–H and O–H groups in total. The highest BCUT2D eigenvalue weighted by molar-refractivity contribution is 5.45. The van der Waals surface area contributed by atoms with Gasteiger partial charge >= 0.3 is 0 Å². The van der Waals surface area contributed by atoms with E-state index in [4.69, 9.17) is 10.5 Å². The largest absolute Gasteiger partial charge is 0.495 e. The van der Waals surface area contributed by atoms with Crippen LogP contribution < -0.4 is 10.5 Å². The van der Waals surface area contributed by atoms with Crippen molar-refractivity contribution in [3.8, 4) is 5.75 Å². The highest BCUT2D eigenvalue weighted by atomic mass is 16.5. The van der Waals surface area contributed by atoms with Crippen LogP contribution in [0.5, 0.6) is 5.75 Å². The van der Waals surface area contributed by atoms with Gasteiger partial charge in [-0.2, -0.15) is 0 Å². The number of nitrogens with two attached hydrogens (primary N) is 1. The minimum absolute atomic E-state index is 0.673. The SMILES string of the molecule is COc1ccc(C=CCCN)nc1. The van der Waals surface area contributed by atoms with E-state index in [0.29, 0.717) is 6.54 Å². The van der Waals surface area contributed by atoms with Crippen molar-refractivity contribution < 1.29 is 4.74 Å². The topological polar surface area (TPSA) is 48.1 Å². The van der Waals surface area contributed by atoms with Crippen LogP contribution in [0.15, 0.2) is 24.4 Å². The molecule has 0 aliphatic heterocycles. The molecular weight excluding hydrogens is 164 g/mol. The van der Waals surface area contributed by atoms with E-state index < -0.39 is 0 Å². The van der Waals surface area contributed by atoms with E-state index in [9.17, 15) is 0 Å². The van der Waals surface area contributed by atoms with E-state index >= 15 is 0 Å². The number of ether oxygens (including phenoxy) is 1. The lowest BCUT2D eigenvalue weighted by atomic mass is 10.3. The van der Waals surface area contributed by atoms with E-state index in [1.165, 1.54) is 0 Å². The van der Waals surface area contributed by atoms with Crippen molar-refractivity contribution in [1.82, 2.24) is 4.98 Å². The smallest absolute Gasteiger partial charge is 0.137 e. The lowest BCUT2D eigenvalue weighted by molar-refractivity contribution is 0.413. The first-order valence-electron chi connectivity index (χ1n) is 4.23. The monoisotopic (exact) mass is 178 g/mol. The third-order valence-electron chi connectivity index (χ3n) is 1.62. The van der Waals surface area contributed by atoms with Crippen molar-refractivity contribution in [1.29, 1.82) is 0 Å². The Morgan fingerprint density at radius 1 is 1.54 bits per heavy atom. The summed E-state index contributed by atoms with van der Waals surface area (Å²) in [6, 6.07) is 3.79. The maximum Gasteiger partial charge on any atom is 0.137 e. The van der Waals surface area contributed by atoms with Crippen LogP contribution in [-0.2, 0) is 0 Å². The molecule has 0 saturated heterocycles. The first kappa shape index (κ1) is 9.74. The number of methoxy groups -OCH3 is 1. The molecule has 0 saturated carbocycles. The molecule has 1 aromatic heterocycles. The van der Waals surface area contributed by atoms with Crippen LogP contribution >= 0.6 is 0 Å². The van der Waals surface area contributed by atoms with Crippen molar-refractivity contribution in [3.05, 3.63) is 30.1 Å². The molecule has 0 atom stereocenters. The average Bonchev–Trinajstić information content (AvgIpc) is 2.19. The van der Waals surface area contributed by atoms with Crippen molar-refractivity contribution >= 4 is 6.08 Å². The second kappa shape index (κ2) is 5.32. The third kappa shape index (κ3) is 3.25. The van der Waals surface area contributed by atoms with E-state index in [-0.39, 0.29) is 0 Å². The quantitative estimate of drug-likeness (QED) is 0.759. The zero-order valence-electron chi connectivity index (χ0n) is 7.73. The third-order valence-corrected chi connectivity index (χ3v) is 1.62. The first-order chi connectivity index (χ1) is 6.36. The molecule has 3 heteroatoms. The number of rotatable bonds is 4. The Hall–Kier alpha value is -1.35. The molecule has 0 spiro atoms. The Kier molecular flexibility index (Phi) is 3.99. The van der Waals surface area contributed by atoms with Gasteiger partial charge in [-0.1, -0.05) is 6.08 Å². The van der Waals surface area contributed by atoms with Gasteiger partial charge < -0.3 is 10.5 Å². The van der Waals surface area contributed by atoms with Gasteiger partial charge in [-0.15, -0.1) is 0 Å². The van der Waals surface area contributed by atoms with Gasteiger partial charge in [-0.25, -0.2) is 0 Å². The summed E-state index contributed by atoms with van der Waals surface area (Å²) in [5, 5.41) is 0.